The number of halogens is 1. The van der Waals surface area contributed by atoms with Gasteiger partial charge in [-0.15, -0.1) is 5.10 Å². The predicted octanol–water partition coefficient (Wildman–Crippen LogP) is 5.90. The molecule has 0 radical (unpaired) electrons. The van der Waals surface area contributed by atoms with E-state index in [0.29, 0.717) is 98.4 Å². The van der Waals surface area contributed by atoms with E-state index in [1.807, 2.05) is 6.20 Å². The zero-order valence-electron chi connectivity index (χ0n) is 30.6. The normalized spacial score (nSPS) is 12.0. The van der Waals surface area contributed by atoms with Crippen molar-refractivity contribution in [1.29, 1.82) is 0 Å². The fourth-order valence-electron chi connectivity index (χ4n) is 5.22. The highest BCUT2D eigenvalue weighted by Gasteiger charge is 2.20. The second kappa shape index (κ2) is 34.1. The average Bonchev–Trinajstić information content (AvgIpc) is 3.57. The van der Waals surface area contributed by atoms with Crippen LogP contribution in [0.5, 0.6) is 0 Å². The van der Waals surface area contributed by atoms with Crippen molar-refractivity contribution < 1.29 is 43.2 Å². The lowest BCUT2D eigenvalue weighted by Crippen LogP contribution is -2.28. The number of hydrogen-bond donors (Lipinski definition) is 2. The number of rotatable bonds is 38. The van der Waals surface area contributed by atoms with Gasteiger partial charge in [-0.25, -0.2) is 0 Å². The molecule has 0 aliphatic rings. The first-order chi connectivity index (χ1) is 24.5. The second-order valence-corrected chi connectivity index (χ2v) is 13.1. The number of hydrogen-bond acceptors (Lipinski definition) is 10. The molecule has 50 heavy (non-hydrogen) atoms. The Balaban J connectivity index is 1.96. The molecule has 0 saturated carbocycles. The lowest BCUT2D eigenvalue weighted by Gasteiger charge is -2.11. The van der Waals surface area contributed by atoms with Gasteiger partial charge < -0.3 is 34.1 Å². The molecule has 1 aromatic rings. The van der Waals surface area contributed by atoms with Gasteiger partial charge in [0.05, 0.1) is 83.5 Å². The summed E-state index contributed by atoms with van der Waals surface area (Å²) < 4.78 is 29.1. The van der Waals surface area contributed by atoms with E-state index in [0.717, 1.165) is 31.4 Å². The number of nitrogens with one attached hydrogen (secondary N) is 1. The van der Waals surface area contributed by atoms with Crippen LogP contribution in [0.2, 0.25) is 0 Å². The first kappa shape index (κ1) is 46.1. The fraction of sp³-hybridized carbons (Fsp3) is 0.861. The van der Waals surface area contributed by atoms with Crippen molar-refractivity contribution in [3.63, 3.8) is 0 Å². The van der Waals surface area contributed by atoms with Crippen LogP contribution in [0, 0.1) is 5.92 Å². The van der Waals surface area contributed by atoms with Gasteiger partial charge in [-0.2, -0.15) is 0 Å². The number of aromatic nitrogens is 3. The zero-order valence-corrected chi connectivity index (χ0v) is 32.2. The van der Waals surface area contributed by atoms with Crippen LogP contribution >= 0.6 is 15.9 Å². The largest absolute Gasteiger partial charge is 0.481 e. The summed E-state index contributed by atoms with van der Waals surface area (Å²) in [5.41, 5.74) is 0.719. The number of carbonyl (C=O) groups excluding carboxylic acids is 2. The summed E-state index contributed by atoms with van der Waals surface area (Å²) in [6, 6.07) is 0. The third-order valence-electron chi connectivity index (χ3n) is 8.09. The molecule has 1 unspecified atom stereocenters. The van der Waals surface area contributed by atoms with Gasteiger partial charge >= 0.3 is 5.97 Å². The van der Waals surface area contributed by atoms with E-state index in [1.165, 1.54) is 51.4 Å². The molecule has 2 N–H and O–H groups in total. The second-order valence-electron chi connectivity index (χ2n) is 12.5. The summed E-state index contributed by atoms with van der Waals surface area (Å²) in [5.74, 6) is -1.50. The molecule has 14 heteroatoms. The SMILES string of the molecule is CCCCCCCCCCCCCC(=O)CC(CCCCn1cc(COCCOCCOCCOCCOCCNC(=O)CBr)nn1)C(=O)O. The van der Waals surface area contributed by atoms with Crippen LogP contribution in [0.4, 0.5) is 0 Å². The Morgan fingerprint density at radius 1 is 0.760 bits per heavy atom. The molecule has 0 aliphatic heterocycles. The molecule has 1 aromatic heterocycles. The van der Waals surface area contributed by atoms with Crippen molar-refractivity contribution in [3.05, 3.63) is 11.9 Å². The molecular formula is C36H65BrN4O9. The molecule has 0 saturated heterocycles. The number of carbonyl (C=O) groups is 3. The molecule has 1 amide bonds. The van der Waals surface area contributed by atoms with Gasteiger partial charge in [0, 0.05) is 25.9 Å². The Labute approximate surface area is 308 Å². The monoisotopic (exact) mass is 776 g/mol. The maximum absolute atomic E-state index is 12.4. The predicted molar refractivity (Wildman–Crippen MR) is 195 cm³/mol. The lowest BCUT2D eigenvalue weighted by atomic mass is 9.94. The quantitative estimate of drug-likeness (QED) is 0.0608. The Hall–Kier alpha value is -1.97. The standard InChI is InChI=1S/C36H65BrN4O9/c1-2-3-4-5-6-7-8-9-10-11-12-16-34(42)28-32(36(44)45)15-13-14-18-41-30-33(39-40-41)31-50-27-26-49-25-24-48-23-22-47-21-20-46-19-17-38-35(43)29-37/h30,32H,2-29,31H2,1H3,(H,38,43)(H,44,45). The molecule has 1 heterocycles. The van der Waals surface area contributed by atoms with Gasteiger partial charge in [0.2, 0.25) is 5.91 Å². The number of carboxylic acids is 1. The number of ketones is 1. The number of amides is 1. The molecule has 0 spiro atoms. The highest BCUT2D eigenvalue weighted by Crippen LogP contribution is 2.17. The molecule has 0 fully saturated rings. The van der Waals surface area contributed by atoms with Gasteiger partial charge in [-0.3, -0.25) is 19.1 Å². The molecule has 1 atom stereocenters. The molecule has 0 bridgehead atoms. The average molecular weight is 778 g/mol. The number of aliphatic carboxylic acids is 1. The van der Waals surface area contributed by atoms with Crippen molar-refractivity contribution in [2.24, 2.45) is 5.92 Å². The highest BCUT2D eigenvalue weighted by molar-refractivity contribution is 9.09. The third kappa shape index (κ3) is 28.7. The van der Waals surface area contributed by atoms with Crippen LogP contribution in [0.15, 0.2) is 6.20 Å². The van der Waals surface area contributed by atoms with Crippen molar-refractivity contribution in [1.82, 2.24) is 20.3 Å². The van der Waals surface area contributed by atoms with Crippen LogP contribution < -0.4 is 5.32 Å². The Bertz CT molecular complexity index is 970. The Morgan fingerprint density at radius 3 is 1.86 bits per heavy atom. The molecule has 0 aliphatic carbocycles. The number of carboxylic acid groups (broad SMARTS) is 1. The van der Waals surface area contributed by atoms with Crippen LogP contribution in [-0.4, -0.2) is 109 Å². The summed E-state index contributed by atoms with van der Waals surface area (Å²) >= 11 is 3.08. The van der Waals surface area contributed by atoms with E-state index in [4.69, 9.17) is 23.7 Å². The summed E-state index contributed by atoms with van der Waals surface area (Å²) in [4.78, 5) is 35.2. The van der Waals surface area contributed by atoms with Gasteiger partial charge in [0.15, 0.2) is 0 Å². The van der Waals surface area contributed by atoms with Gasteiger partial charge in [0.1, 0.15) is 11.5 Å². The fourth-order valence-corrected chi connectivity index (χ4v) is 5.42. The summed E-state index contributed by atoms with van der Waals surface area (Å²) in [6.45, 7) is 7.77. The minimum Gasteiger partial charge on any atom is -0.481 e. The first-order valence-electron chi connectivity index (χ1n) is 18.8. The van der Waals surface area contributed by atoms with E-state index in [9.17, 15) is 19.5 Å². The van der Waals surface area contributed by atoms with Crippen LogP contribution in [0.3, 0.4) is 0 Å². The van der Waals surface area contributed by atoms with Crippen molar-refractivity contribution >= 4 is 33.6 Å². The minimum absolute atomic E-state index is 0.0649. The molecule has 0 aromatic carbocycles. The topological polar surface area (TPSA) is 160 Å². The van der Waals surface area contributed by atoms with Crippen molar-refractivity contribution in [2.45, 2.75) is 123 Å². The van der Waals surface area contributed by atoms with E-state index < -0.39 is 11.9 Å². The van der Waals surface area contributed by atoms with E-state index in [1.54, 1.807) is 4.68 Å². The molecular weight excluding hydrogens is 712 g/mol. The Kier molecular flexibility index (Phi) is 31.4. The lowest BCUT2D eigenvalue weighted by molar-refractivity contribution is -0.144. The number of Topliss-reactive ketones (excluding diaryl/α,β-unsaturated/α-hetero) is 1. The maximum Gasteiger partial charge on any atom is 0.306 e. The third-order valence-corrected chi connectivity index (χ3v) is 8.60. The maximum atomic E-state index is 12.4. The van der Waals surface area contributed by atoms with Gasteiger partial charge in [-0.1, -0.05) is 98.7 Å². The van der Waals surface area contributed by atoms with Gasteiger partial charge in [-0.05, 0) is 19.3 Å². The minimum atomic E-state index is -0.885. The van der Waals surface area contributed by atoms with E-state index in [2.05, 4.69) is 38.5 Å². The van der Waals surface area contributed by atoms with Crippen molar-refractivity contribution in [2.75, 3.05) is 71.3 Å². The van der Waals surface area contributed by atoms with E-state index >= 15 is 0 Å². The van der Waals surface area contributed by atoms with Crippen LogP contribution in [0.25, 0.3) is 0 Å². The molecule has 1 rings (SSSR count). The summed E-state index contributed by atoms with van der Waals surface area (Å²) in [6.07, 6.45) is 18.0. The molecule has 290 valence electrons. The number of ether oxygens (including phenoxy) is 5. The number of nitrogens with zero attached hydrogens (tertiary/aromatic N) is 3. The summed E-state index contributed by atoms with van der Waals surface area (Å²) in [5, 5.41) is 20.9. The molecule has 13 nitrogen and oxygen atoms in total. The zero-order chi connectivity index (χ0) is 36.3. The van der Waals surface area contributed by atoms with Gasteiger partial charge in [0.25, 0.3) is 0 Å². The van der Waals surface area contributed by atoms with E-state index in [-0.39, 0.29) is 23.4 Å². The van der Waals surface area contributed by atoms with Crippen molar-refractivity contribution in [3.8, 4) is 0 Å². The van der Waals surface area contributed by atoms with Crippen LogP contribution in [-0.2, 0) is 51.2 Å². The number of unbranched alkanes of at least 4 members (excludes halogenated alkanes) is 11. The number of alkyl halides is 1. The smallest absolute Gasteiger partial charge is 0.306 e. The first-order valence-corrected chi connectivity index (χ1v) is 19.9. The summed E-state index contributed by atoms with van der Waals surface area (Å²) in [7, 11) is 0. The number of aryl methyl sites for hydroxylation is 1. The Morgan fingerprint density at radius 2 is 1.30 bits per heavy atom. The highest BCUT2D eigenvalue weighted by atomic mass is 79.9. The van der Waals surface area contributed by atoms with Crippen LogP contribution in [0.1, 0.15) is 115 Å².